The predicted molar refractivity (Wildman–Crippen MR) is 103 cm³/mol. The molecule has 0 aromatic heterocycles. The van der Waals surface area contributed by atoms with Crippen LogP contribution in [0.4, 0.5) is 5.69 Å². The maximum Gasteiger partial charge on any atom is 0.339 e. The number of carbonyl (C=O) groups is 3. The van der Waals surface area contributed by atoms with Crippen molar-refractivity contribution < 1.29 is 19.1 Å². The van der Waals surface area contributed by atoms with Crippen LogP contribution in [0.2, 0.25) is 0 Å². The molecule has 0 heterocycles. The van der Waals surface area contributed by atoms with Gasteiger partial charge in [0.25, 0.3) is 0 Å². The van der Waals surface area contributed by atoms with E-state index in [2.05, 4.69) is 5.32 Å². The topological polar surface area (TPSA) is 75.7 Å². The first kappa shape index (κ1) is 20.2. The molecule has 1 N–H and O–H groups in total. The van der Waals surface area contributed by atoms with Crippen molar-refractivity contribution >= 4 is 23.5 Å². The molecule has 2 aromatic carbocycles. The summed E-state index contributed by atoms with van der Waals surface area (Å²) < 4.78 is 4.77. The van der Waals surface area contributed by atoms with Gasteiger partial charge >= 0.3 is 5.97 Å². The smallest absolute Gasteiger partial charge is 0.339 e. The number of carbonyl (C=O) groups excluding carboxylic acids is 3. The van der Waals surface area contributed by atoms with E-state index in [0.29, 0.717) is 12.2 Å². The van der Waals surface area contributed by atoms with Crippen LogP contribution in [0.1, 0.15) is 34.8 Å². The van der Waals surface area contributed by atoms with Crippen LogP contribution in [0, 0.1) is 6.92 Å². The summed E-state index contributed by atoms with van der Waals surface area (Å²) in [5.41, 5.74) is 2.87. The highest BCUT2D eigenvalue weighted by Gasteiger charge is 2.20. The van der Waals surface area contributed by atoms with Crippen molar-refractivity contribution in [3.8, 4) is 0 Å². The summed E-state index contributed by atoms with van der Waals surface area (Å²) in [6.45, 7) is 4.00. The number of hydrogen-bond acceptors (Lipinski definition) is 4. The molecule has 6 heteroatoms. The standard InChI is InChI=1S/C21H24N2O4/c1-15-7-6-8-17(13-15)14-22-20(25)11-12-23(16(2)24)19-10-5-4-9-18(19)21(26)27-3/h4-10,13H,11-12,14H2,1-3H3,(H,22,25). The Kier molecular flexibility index (Phi) is 7.11. The lowest BCUT2D eigenvalue weighted by molar-refractivity contribution is -0.121. The second-order valence-electron chi connectivity index (χ2n) is 6.20. The van der Waals surface area contributed by atoms with Gasteiger partial charge in [0.05, 0.1) is 18.4 Å². The van der Waals surface area contributed by atoms with Gasteiger partial charge in [0, 0.05) is 26.4 Å². The molecule has 0 spiro atoms. The number of methoxy groups -OCH3 is 1. The van der Waals surface area contributed by atoms with Gasteiger partial charge in [-0.05, 0) is 24.6 Å². The molecule has 0 aliphatic carbocycles. The van der Waals surface area contributed by atoms with E-state index in [-0.39, 0.29) is 30.3 Å². The lowest BCUT2D eigenvalue weighted by Crippen LogP contribution is -2.34. The Bertz CT molecular complexity index is 832. The van der Waals surface area contributed by atoms with Gasteiger partial charge in [0.15, 0.2) is 0 Å². The van der Waals surface area contributed by atoms with Gasteiger partial charge in [-0.3, -0.25) is 9.59 Å². The van der Waals surface area contributed by atoms with E-state index in [4.69, 9.17) is 4.74 Å². The van der Waals surface area contributed by atoms with Gasteiger partial charge in [-0.1, -0.05) is 42.0 Å². The molecule has 0 bridgehead atoms. The minimum atomic E-state index is -0.527. The fourth-order valence-corrected chi connectivity index (χ4v) is 2.76. The summed E-state index contributed by atoms with van der Waals surface area (Å²) in [4.78, 5) is 37.6. The number of anilines is 1. The van der Waals surface area contributed by atoms with Gasteiger partial charge in [-0.2, -0.15) is 0 Å². The minimum absolute atomic E-state index is 0.126. The lowest BCUT2D eigenvalue weighted by atomic mass is 10.1. The first-order chi connectivity index (χ1) is 12.9. The average molecular weight is 368 g/mol. The zero-order chi connectivity index (χ0) is 19.8. The van der Waals surface area contributed by atoms with Crippen LogP contribution in [-0.2, 0) is 20.9 Å². The van der Waals surface area contributed by atoms with Gasteiger partial charge in [-0.25, -0.2) is 4.79 Å². The summed E-state index contributed by atoms with van der Waals surface area (Å²) in [5.74, 6) is -0.947. The molecule has 142 valence electrons. The quantitative estimate of drug-likeness (QED) is 0.763. The molecule has 0 aliphatic heterocycles. The number of nitrogens with zero attached hydrogens (tertiary/aromatic N) is 1. The third kappa shape index (κ3) is 5.67. The van der Waals surface area contributed by atoms with E-state index in [1.54, 1.807) is 24.3 Å². The molecule has 0 unspecified atom stereocenters. The van der Waals surface area contributed by atoms with E-state index < -0.39 is 5.97 Å². The summed E-state index contributed by atoms with van der Waals surface area (Å²) in [6, 6.07) is 14.6. The van der Waals surface area contributed by atoms with Gasteiger partial charge < -0.3 is 15.0 Å². The van der Waals surface area contributed by atoms with Crippen LogP contribution < -0.4 is 10.2 Å². The number of amides is 2. The first-order valence-electron chi connectivity index (χ1n) is 8.70. The lowest BCUT2D eigenvalue weighted by Gasteiger charge is -2.23. The first-order valence-corrected chi connectivity index (χ1v) is 8.70. The second kappa shape index (κ2) is 9.52. The van der Waals surface area contributed by atoms with Crippen molar-refractivity contribution in [1.82, 2.24) is 5.32 Å². The predicted octanol–water partition coefficient (Wildman–Crippen LogP) is 2.84. The average Bonchev–Trinajstić information content (AvgIpc) is 2.66. The second-order valence-corrected chi connectivity index (χ2v) is 6.20. The number of esters is 1. The van der Waals surface area contributed by atoms with Crippen LogP contribution in [0.5, 0.6) is 0 Å². The molecule has 0 saturated carbocycles. The molecular weight excluding hydrogens is 344 g/mol. The van der Waals surface area contributed by atoms with Crippen LogP contribution in [0.3, 0.4) is 0 Å². The van der Waals surface area contributed by atoms with E-state index in [1.807, 2.05) is 31.2 Å². The SMILES string of the molecule is COC(=O)c1ccccc1N(CCC(=O)NCc1cccc(C)c1)C(C)=O. The zero-order valence-corrected chi connectivity index (χ0v) is 15.8. The number of rotatable bonds is 7. The molecule has 0 aliphatic rings. The Morgan fingerprint density at radius 3 is 2.48 bits per heavy atom. The van der Waals surface area contributed by atoms with E-state index in [1.165, 1.54) is 18.9 Å². The Balaban J connectivity index is 2.02. The molecule has 0 atom stereocenters. The fourth-order valence-electron chi connectivity index (χ4n) is 2.76. The number of hydrogen-bond donors (Lipinski definition) is 1. The zero-order valence-electron chi connectivity index (χ0n) is 15.8. The number of ether oxygens (including phenoxy) is 1. The highest BCUT2D eigenvalue weighted by Crippen LogP contribution is 2.21. The molecule has 0 saturated heterocycles. The highest BCUT2D eigenvalue weighted by molar-refractivity contribution is 6.02. The van der Waals surface area contributed by atoms with Crippen molar-refractivity contribution in [1.29, 1.82) is 0 Å². The van der Waals surface area contributed by atoms with Gasteiger partial charge in [0.1, 0.15) is 0 Å². The summed E-state index contributed by atoms with van der Waals surface area (Å²) >= 11 is 0. The highest BCUT2D eigenvalue weighted by atomic mass is 16.5. The molecule has 0 radical (unpaired) electrons. The molecule has 2 rings (SSSR count). The Morgan fingerprint density at radius 2 is 1.81 bits per heavy atom. The Labute approximate surface area is 159 Å². The number of benzene rings is 2. The summed E-state index contributed by atoms with van der Waals surface area (Å²) in [7, 11) is 1.29. The van der Waals surface area contributed by atoms with E-state index in [0.717, 1.165) is 11.1 Å². The minimum Gasteiger partial charge on any atom is -0.465 e. The molecule has 0 fully saturated rings. The maximum atomic E-state index is 12.2. The molecule has 27 heavy (non-hydrogen) atoms. The van der Waals surface area contributed by atoms with Crippen molar-refractivity contribution in [3.63, 3.8) is 0 Å². The van der Waals surface area contributed by atoms with Gasteiger partial charge in [0.2, 0.25) is 11.8 Å². The van der Waals surface area contributed by atoms with Crippen LogP contribution in [0.15, 0.2) is 48.5 Å². The molecule has 6 nitrogen and oxygen atoms in total. The monoisotopic (exact) mass is 368 g/mol. The van der Waals surface area contributed by atoms with Crippen molar-refractivity contribution in [2.45, 2.75) is 26.8 Å². The summed E-state index contributed by atoms with van der Waals surface area (Å²) in [5, 5.41) is 2.85. The van der Waals surface area contributed by atoms with Crippen LogP contribution in [-0.4, -0.2) is 31.4 Å². The molecule has 2 amide bonds. The molecule has 2 aromatic rings. The van der Waals surface area contributed by atoms with Crippen LogP contribution >= 0.6 is 0 Å². The largest absolute Gasteiger partial charge is 0.465 e. The van der Waals surface area contributed by atoms with Crippen molar-refractivity contribution in [2.24, 2.45) is 0 Å². The third-order valence-corrected chi connectivity index (χ3v) is 4.11. The number of nitrogens with one attached hydrogen (secondary N) is 1. The number of aryl methyl sites for hydroxylation is 1. The van der Waals surface area contributed by atoms with Crippen LogP contribution in [0.25, 0.3) is 0 Å². The normalized spacial score (nSPS) is 10.2. The number of para-hydroxylation sites is 1. The Morgan fingerprint density at radius 1 is 1.07 bits per heavy atom. The molecular formula is C21H24N2O4. The maximum absolute atomic E-state index is 12.2. The Hall–Kier alpha value is -3.15. The third-order valence-electron chi connectivity index (χ3n) is 4.11. The van der Waals surface area contributed by atoms with Gasteiger partial charge in [-0.15, -0.1) is 0 Å². The van der Waals surface area contributed by atoms with Crippen molar-refractivity contribution in [3.05, 3.63) is 65.2 Å². The van der Waals surface area contributed by atoms with Crippen molar-refractivity contribution in [2.75, 3.05) is 18.6 Å². The van der Waals surface area contributed by atoms with E-state index in [9.17, 15) is 14.4 Å². The summed E-state index contributed by atoms with van der Waals surface area (Å²) in [6.07, 6.45) is 0.126. The van der Waals surface area contributed by atoms with E-state index >= 15 is 0 Å². The fraction of sp³-hybridized carbons (Fsp3) is 0.286.